The molecule has 0 bridgehead atoms. The summed E-state index contributed by atoms with van der Waals surface area (Å²) in [5.41, 5.74) is 2.62. The van der Waals surface area contributed by atoms with Crippen molar-refractivity contribution < 1.29 is 4.79 Å². The number of nitrogens with zero attached hydrogens (tertiary/aromatic N) is 5. The van der Waals surface area contributed by atoms with E-state index >= 15 is 0 Å². The number of carbonyl (C=O) groups excluding carboxylic acids is 1. The SMILES string of the molecule is CCc1csc(C2CCCN(C(=O)c3csc(-c4cnn(C)c4)n3)C2)n1. The number of rotatable bonds is 4. The van der Waals surface area contributed by atoms with Crippen molar-refractivity contribution in [3.8, 4) is 10.6 Å². The smallest absolute Gasteiger partial charge is 0.273 e. The van der Waals surface area contributed by atoms with Gasteiger partial charge >= 0.3 is 0 Å². The molecule has 1 unspecified atom stereocenters. The Morgan fingerprint density at radius 2 is 2.19 bits per heavy atom. The van der Waals surface area contributed by atoms with Crippen LogP contribution in [0.3, 0.4) is 0 Å². The maximum absolute atomic E-state index is 12.9. The third-order valence-electron chi connectivity index (χ3n) is 4.66. The first-order chi connectivity index (χ1) is 12.6. The number of hydrogen-bond donors (Lipinski definition) is 0. The molecule has 4 heterocycles. The molecule has 1 aliphatic rings. The Hall–Kier alpha value is -2.06. The van der Waals surface area contributed by atoms with Gasteiger partial charge in [-0.05, 0) is 19.3 Å². The highest BCUT2D eigenvalue weighted by molar-refractivity contribution is 7.13. The molecule has 136 valence electrons. The van der Waals surface area contributed by atoms with Crippen molar-refractivity contribution in [3.63, 3.8) is 0 Å². The second-order valence-electron chi connectivity index (χ2n) is 6.56. The molecule has 0 radical (unpaired) electrons. The number of hydrogen-bond acceptors (Lipinski definition) is 6. The Balaban J connectivity index is 1.48. The third-order valence-corrected chi connectivity index (χ3v) is 6.61. The van der Waals surface area contributed by atoms with E-state index in [1.807, 2.05) is 23.5 Å². The molecule has 1 amide bonds. The predicted octanol–water partition coefficient (Wildman–Crippen LogP) is 3.58. The second kappa shape index (κ2) is 7.28. The molecule has 6 nitrogen and oxygen atoms in total. The van der Waals surface area contributed by atoms with Gasteiger partial charge in [-0.3, -0.25) is 9.48 Å². The van der Waals surface area contributed by atoms with Crippen molar-refractivity contribution in [2.45, 2.75) is 32.1 Å². The summed E-state index contributed by atoms with van der Waals surface area (Å²) in [7, 11) is 1.87. The quantitative estimate of drug-likeness (QED) is 0.686. The first-order valence-corrected chi connectivity index (χ1v) is 10.6. The Morgan fingerprint density at radius 3 is 2.92 bits per heavy atom. The highest BCUT2D eigenvalue weighted by Gasteiger charge is 2.28. The maximum atomic E-state index is 12.9. The van der Waals surface area contributed by atoms with Gasteiger partial charge in [0, 0.05) is 48.6 Å². The molecule has 1 atom stereocenters. The van der Waals surface area contributed by atoms with Crippen LogP contribution in [0.25, 0.3) is 10.6 Å². The Morgan fingerprint density at radius 1 is 1.31 bits per heavy atom. The molecule has 0 aliphatic carbocycles. The van der Waals surface area contributed by atoms with Crippen LogP contribution in [0.1, 0.15) is 46.9 Å². The zero-order valence-electron chi connectivity index (χ0n) is 14.9. The fourth-order valence-electron chi connectivity index (χ4n) is 3.23. The van der Waals surface area contributed by atoms with E-state index in [4.69, 9.17) is 4.98 Å². The van der Waals surface area contributed by atoms with Gasteiger partial charge in [0.25, 0.3) is 5.91 Å². The number of aryl methyl sites for hydroxylation is 2. The average molecular weight is 388 g/mol. The van der Waals surface area contributed by atoms with Crippen LogP contribution in [0, 0.1) is 0 Å². The molecule has 4 rings (SSSR count). The van der Waals surface area contributed by atoms with E-state index in [0.29, 0.717) is 11.6 Å². The number of amides is 1. The fraction of sp³-hybridized carbons (Fsp3) is 0.444. The van der Waals surface area contributed by atoms with Gasteiger partial charge in [-0.2, -0.15) is 5.10 Å². The highest BCUT2D eigenvalue weighted by atomic mass is 32.1. The summed E-state index contributed by atoms with van der Waals surface area (Å²) in [6.07, 6.45) is 6.76. The minimum atomic E-state index is 0.0216. The lowest BCUT2D eigenvalue weighted by atomic mass is 9.98. The van der Waals surface area contributed by atoms with Gasteiger partial charge in [0.1, 0.15) is 10.7 Å². The topological polar surface area (TPSA) is 63.9 Å². The van der Waals surface area contributed by atoms with E-state index < -0.39 is 0 Å². The van der Waals surface area contributed by atoms with Crippen LogP contribution < -0.4 is 0 Å². The van der Waals surface area contributed by atoms with Gasteiger partial charge in [-0.25, -0.2) is 9.97 Å². The van der Waals surface area contributed by atoms with Crippen molar-refractivity contribution in [3.05, 3.63) is 39.5 Å². The monoisotopic (exact) mass is 387 g/mol. The zero-order chi connectivity index (χ0) is 18.1. The summed E-state index contributed by atoms with van der Waals surface area (Å²) in [4.78, 5) is 24.1. The minimum absolute atomic E-state index is 0.0216. The van der Waals surface area contributed by atoms with E-state index in [9.17, 15) is 4.79 Å². The van der Waals surface area contributed by atoms with Gasteiger partial charge in [0.2, 0.25) is 0 Å². The van der Waals surface area contributed by atoms with Crippen LogP contribution in [-0.2, 0) is 13.5 Å². The van der Waals surface area contributed by atoms with Crippen molar-refractivity contribution in [1.82, 2.24) is 24.6 Å². The van der Waals surface area contributed by atoms with Crippen molar-refractivity contribution >= 4 is 28.6 Å². The van der Waals surface area contributed by atoms with Crippen LogP contribution >= 0.6 is 22.7 Å². The molecule has 8 heteroatoms. The number of aromatic nitrogens is 4. The van der Waals surface area contributed by atoms with Crippen molar-refractivity contribution in [2.24, 2.45) is 7.05 Å². The molecule has 1 saturated heterocycles. The number of carbonyl (C=O) groups is 1. The van der Waals surface area contributed by atoms with Crippen molar-refractivity contribution in [2.75, 3.05) is 13.1 Å². The molecule has 1 aliphatic heterocycles. The summed E-state index contributed by atoms with van der Waals surface area (Å²) in [6.45, 7) is 3.65. The highest BCUT2D eigenvalue weighted by Crippen LogP contribution is 2.31. The average Bonchev–Trinajstić information content (AvgIpc) is 3.41. The first-order valence-electron chi connectivity index (χ1n) is 8.82. The van der Waals surface area contributed by atoms with E-state index in [2.05, 4.69) is 22.4 Å². The lowest BCUT2D eigenvalue weighted by Gasteiger charge is -2.31. The van der Waals surface area contributed by atoms with E-state index in [0.717, 1.165) is 53.6 Å². The molecule has 0 saturated carbocycles. The summed E-state index contributed by atoms with van der Waals surface area (Å²) in [5, 5.41) is 10.2. The predicted molar refractivity (Wildman–Crippen MR) is 104 cm³/mol. The van der Waals surface area contributed by atoms with Gasteiger partial charge in [0.15, 0.2) is 0 Å². The summed E-state index contributed by atoms with van der Waals surface area (Å²) < 4.78 is 1.74. The molecule has 26 heavy (non-hydrogen) atoms. The first kappa shape index (κ1) is 17.4. The van der Waals surface area contributed by atoms with Crippen LogP contribution in [0.5, 0.6) is 0 Å². The number of piperidine rings is 1. The zero-order valence-corrected chi connectivity index (χ0v) is 16.5. The van der Waals surface area contributed by atoms with Crippen molar-refractivity contribution in [1.29, 1.82) is 0 Å². The fourth-order valence-corrected chi connectivity index (χ4v) is 5.03. The normalized spacial score (nSPS) is 17.6. The molecular weight excluding hydrogens is 366 g/mol. The second-order valence-corrected chi connectivity index (χ2v) is 8.31. The molecule has 3 aromatic rings. The summed E-state index contributed by atoms with van der Waals surface area (Å²) in [6, 6.07) is 0. The maximum Gasteiger partial charge on any atom is 0.273 e. The van der Waals surface area contributed by atoms with Crippen LogP contribution in [0.4, 0.5) is 0 Å². The lowest BCUT2D eigenvalue weighted by molar-refractivity contribution is 0.0702. The minimum Gasteiger partial charge on any atom is -0.337 e. The summed E-state index contributed by atoms with van der Waals surface area (Å²) in [5.74, 6) is 0.364. The molecule has 1 fully saturated rings. The van der Waals surface area contributed by atoms with E-state index in [1.165, 1.54) is 11.3 Å². The van der Waals surface area contributed by atoms with Gasteiger partial charge in [-0.15, -0.1) is 22.7 Å². The Bertz CT molecular complexity index is 912. The van der Waals surface area contributed by atoms with Crippen LogP contribution in [0.2, 0.25) is 0 Å². The van der Waals surface area contributed by atoms with E-state index in [-0.39, 0.29) is 5.91 Å². The Kier molecular flexibility index (Phi) is 4.86. The lowest BCUT2D eigenvalue weighted by Crippen LogP contribution is -2.39. The number of likely N-dealkylation sites (tertiary alicyclic amines) is 1. The van der Waals surface area contributed by atoms with Gasteiger partial charge < -0.3 is 4.90 Å². The molecule has 0 N–H and O–H groups in total. The van der Waals surface area contributed by atoms with E-state index in [1.54, 1.807) is 22.2 Å². The molecule has 0 spiro atoms. The van der Waals surface area contributed by atoms with Gasteiger partial charge in [0.05, 0.1) is 16.9 Å². The largest absolute Gasteiger partial charge is 0.337 e. The number of thiazole rings is 2. The van der Waals surface area contributed by atoms with Crippen LogP contribution in [0.15, 0.2) is 23.2 Å². The molecule has 3 aromatic heterocycles. The molecule has 0 aromatic carbocycles. The third kappa shape index (κ3) is 3.43. The Labute approximate surface area is 160 Å². The standard InChI is InChI=1S/C18H21N5OS2/c1-3-14-10-25-16(20-14)12-5-4-6-23(9-12)18(24)15-11-26-17(21-15)13-7-19-22(2)8-13/h7-8,10-12H,3-6,9H2,1-2H3. The molecular formula is C18H21N5OS2. The summed E-state index contributed by atoms with van der Waals surface area (Å²) >= 11 is 3.21. The van der Waals surface area contributed by atoms with Crippen LogP contribution in [-0.4, -0.2) is 43.6 Å². The van der Waals surface area contributed by atoms with Gasteiger partial charge in [-0.1, -0.05) is 6.92 Å².